The van der Waals surface area contributed by atoms with E-state index in [0.717, 1.165) is 0 Å². The number of hydrogen-bond donors (Lipinski definition) is 1. The van der Waals surface area contributed by atoms with Gasteiger partial charge in [-0.15, -0.1) is 0 Å². The Bertz CT molecular complexity index is 427. The van der Waals surface area contributed by atoms with Crippen molar-refractivity contribution in [3.8, 4) is 0 Å². The molecule has 0 aliphatic heterocycles. The first-order valence-electron chi connectivity index (χ1n) is 4.34. The summed E-state index contributed by atoms with van der Waals surface area (Å²) in [4.78, 5) is 13.9. The first kappa shape index (κ1) is 13.0. The summed E-state index contributed by atoms with van der Waals surface area (Å²) in [6.07, 6.45) is 4.23. The third-order valence-electron chi connectivity index (χ3n) is 1.77. The van der Waals surface area contributed by atoms with Gasteiger partial charge in [0.2, 0.25) is 0 Å². The molecule has 0 aliphatic rings. The predicted octanol–water partition coefficient (Wildman–Crippen LogP) is 1.54. The first-order chi connectivity index (χ1) is 7.52. The third kappa shape index (κ3) is 3.53. The molecule has 0 spiro atoms. The highest BCUT2D eigenvalue weighted by Crippen LogP contribution is 2.30. The van der Waals surface area contributed by atoms with Gasteiger partial charge in [0, 0.05) is 35.5 Å². The second-order valence-corrected chi connectivity index (χ2v) is 5.39. The molecule has 1 aromatic rings. The summed E-state index contributed by atoms with van der Waals surface area (Å²) in [5.41, 5.74) is 0.265. The number of pyridine rings is 1. The Morgan fingerprint density at radius 1 is 1.62 bits per heavy atom. The molecule has 1 heterocycles. The monoisotopic (exact) mass is 307 g/mol. The van der Waals surface area contributed by atoms with Crippen LogP contribution in [0.2, 0.25) is 0 Å². The number of nitrogens with one attached hydrogen (secondary N) is 1. The lowest BCUT2D eigenvalue weighted by Gasteiger charge is -2.07. The van der Waals surface area contributed by atoms with E-state index >= 15 is 0 Å². The molecule has 0 fully saturated rings. The molecule has 1 N–H and O–H groups in total. The van der Waals surface area contributed by atoms with Crippen LogP contribution in [0.1, 0.15) is 0 Å². The summed E-state index contributed by atoms with van der Waals surface area (Å²) in [6, 6.07) is 0. The number of nitro groups is 1. The van der Waals surface area contributed by atoms with E-state index in [0.29, 0.717) is 22.5 Å². The van der Waals surface area contributed by atoms with E-state index in [4.69, 9.17) is 0 Å². The summed E-state index contributed by atoms with van der Waals surface area (Å²) >= 11 is 3.18. The van der Waals surface area contributed by atoms with E-state index in [9.17, 15) is 14.3 Å². The van der Waals surface area contributed by atoms with Gasteiger partial charge in [-0.1, -0.05) is 0 Å². The van der Waals surface area contributed by atoms with Gasteiger partial charge in [-0.3, -0.25) is 19.3 Å². The van der Waals surface area contributed by atoms with Crippen LogP contribution in [0, 0.1) is 10.1 Å². The van der Waals surface area contributed by atoms with E-state index in [2.05, 4.69) is 26.2 Å². The Balaban J connectivity index is 2.84. The fraction of sp³-hybridized carbons (Fsp3) is 0.375. The summed E-state index contributed by atoms with van der Waals surface area (Å²) in [5, 5.41) is 13.6. The zero-order chi connectivity index (χ0) is 12.1. The quantitative estimate of drug-likeness (QED) is 0.659. The van der Waals surface area contributed by atoms with Gasteiger partial charge in [0.15, 0.2) is 0 Å². The number of anilines is 1. The molecule has 88 valence electrons. The molecule has 0 radical (unpaired) electrons. The minimum Gasteiger partial charge on any atom is -0.378 e. The maximum atomic E-state index is 10.9. The number of aromatic nitrogens is 1. The van der Waals surface area contributed by atoms with Crippen LogP contribution in [0.4, 0.5) is 11.4 Å². The van der Waals surface area contributed by atoms with Gasteiger partial charge < -0.3 is 5.32 Å². The second-order valence-electron chi connectivity index (χ2n) is 2.98. The fourth-order valence-corrected chi connectivity index (χ4v) is 1.91. The Hall–Kier alpha value is -1.02. The molecule has 1 aromatic heterocycles. The Kier molecular flexibility index (Phi) is 4.81. The topological polar surface area (TPSA) is 85.1 Å². The van der Waals surface area contributed by atoms with Crippen molar-refractivity contribution in [1.82, 2.24) is 4.98 Å². The SMILES string of the molecule is CS(=O)CCNc1c(Br)cncc1[N+](=O)[O-]. The minimum absolute atomic E-state index is 0.101. The Morgan fingerprint density at radius 3 is 2.88 bits per heavy atom. The molecule has 1 atom stereocenters. The van der Waals surface area contributed by atoms with Crippen LogP contribution in [-0.2, 0) is 10.8 Å². The van der Waals surface area contributed by atoms with Crippen LogP contribution >= 0.6 is 15.9 Å². The van der Waals surface area contributed by atoms with Gasteiger partial charge in [0.25, 0.3) is 0 Å². The highest BCUT2D eigenvalue weighted by molar-refractivity contribution is 9.10. The van der Waals surface area contributed by atoms with Gasteiger partial charge in [-0.2, -0.15) is 0 Å². The maximum Gasteiger partial charge on any atom is 0.311 e. The normalized spacial score (nSPS) is 12.1. The molecule has 1 rings (SSSR count). The van der Waals surface area contributed by atoms with Gasteiger partial charge >= 0.3 is 5.69 Å². The average Bonchev–Trinajstić information content (AvgIpc) is 2.19. The molecule has 16 heavy (non-hydrogen) atoms. The van der Waals surface area contributed by atoms with E-state index in [1.807, 2.05) is 0 Å². The lowest BCUT2D eigenvalue weighted by molar-refractivity contribution is -0.384. The van der Waals surface area contributed by atoms with Crippen LogP contribution in [0.5, 0.6) is 0 Å². The lowest BCUT2D eigenvalue weighted by Crippen LogP contribution is -2.11. The van der Waals surface area contributed by atoms with Crippen LogP contribution < -0.4 is 5.32 Å². The van der Waals surface area contributed by atoms with Crippen molar-refractivity contribution in [2.45, 2.75) is 0 Å². The number of halogens is 1. The first-order valence-corrected chi connectivity index (χ1v) is 6.86. The zero-order valence-corrected chi connectivity index (χ0v) is 10.9. The molecule has 1 unspecified atom stereocenters. The smallest absolute Gasteiger partial charge is 0.311 e. The van der Waals surface area contributed by atoms with Crippen LogP contribution in [0.15, 0.2) is 16.9 Å². The molecule has 0 amide bonds. The largest absolute Gasteiger partial charge is 0.378 e. The van der Waals surface area contributed by atoms with Crippen molar-refractivity contribution in [2.24, 2.45) is 0 Å². The van der Waals surface area contributed by atoms with Crippen molar-refractivity contribution in [3.05, 3.63) is 27.0 Å². The highest BCUT2D eigenvalue weighted by Gasteiger charge is 2.16. The van der Waals surface area contributed by atoms with Gasteiger partial charge in [-0.05, 0) is 15.9 Å². The average molecular weight is 308 g/mol. The van der Waals surface area contributed by atoms with Gasteiger partial charge in [0.1, 0.15) is 11.9 Å². The molecule has 0 aromatic carbocycles. The molecule has 0 aliphatic carbocycles. The molecular weight excluding hydrogens is 298 g/mol. The van der Waals surface area contributed by atoms with Crippen LogP contribution in [0.25, 0.3) is 0 Å². The maximum absolute atomic E-state index is 10.9. The van der Waals surface area contributed by atoms with Crippen LogP contribution in [-0.4, -0.2) is 32.7 Å². The van der Waals surface area contributed by atoms with E-state index < -0.39 is 15.7 Å². The summed E-state index contributed by atoms with van der Waals surface area (Å²) in [5.74, 6) is 0.436. The van der Waals surface area contributed by atoms with Crippen molar-refractivity contribution >= 4 is 38.1 Å². The van der Waals surface area contributed by atoms with Gasteiger partial charge in [-0.25, -0.2) is 0 Å². The van der Waals surface area contributed by atoms with Crippen molar-refractivity contribution in [2.75, 3.05) is 23.9 Å². The van der Waals surface area contributed by atoms with Crippen molar-refractivity contribution in [3.63, 3.8) is 0 Å². The zero-order valence-electron chi connectivity index (χ0n) is 8.47. The van der Waals surface area contributed by atoms with Crippen molar-refractivity contribution in [1.29, 1.82) is 0 Å². The van der Waals surface area contributed by atoms with E-state index in [1.54, 1.807) is 6.26 Å². The highest BCUT2D eigenvalue weighted by atomic mass is 79.9. The molecular formula is C8H10BrN3O3S. The summed E-state index contributed by atoms with van der Waals surface area (Å²) in [7, 11) is -0.926. The Morgan fingerprint density at radius 2 is 2.31 bits per heavy atom. The molecule has 0 bridgehead atoms. The fourth-order valence-electron chi connectivity index (χ4n) is 1.06. The third-order valence-corrected chi connectivity index (χ3v) is 3.15. The van der Waals surface area contributed by atoms with E-state index in [-0.39, 0.29) is 5.69 Å². The molecule has 0 saturated heterocycles. The summed E-state index contributed by atoms with van der Waals surface area (Å²) in [6.45, 7) is 0.409. The van der Waals surface area contributed by atoms with Crippen LogP contribution in [0.3, 0.4) is 0 Å². The Labute approximate surface area is 103 Å². The predicted molar refractivity (Wildman–Crippen MR) is 66.0 cm³/mol. The number of rotatable bonds is 5. The van der Waals surface area contributed by atoms with E-state index in [1.165, 1.54) is 12.4 Å². The lowest BCUT2D eigenvalue weighted by atomic mass is 10.3. The summed E-state index contributed by atoms with van der Waals surface area (Å²) < 4.78 is 11.4. The minimum atomic E-state index is -0.926. The number of hydrogen-bond acceptors (Lipinski definition) is 5. The second kappa shape index (κ2) is 5.90. The standard InChI is InChI=1S/C8H10BrN3O3S/c1-16(15)3-2-11-8-6(9)4-10-5-7(8)12(13)14/h4-5H,2-3H2,1H3,(H,10,11). The molecule has 0 saturated carbocycles. The number of nitrogens with zero attached hydrogens (tertiary/aromatic N) is 2. The van der Waals surface area contributed by atoms with Crippen molar-refractivity contribution < 1.29 is 9.13 Å². The molecule has 8 heteroatoms. The van der Waals surface area contributed by atoms with Gasteiger partial charge in [0.05, 0.1) is 9.40 Å². The molecule has 6 nitrogen and oxygen atoms in total.